The lowest BCUT2D eigenvalue weighted by Gasteiger charge is -2.54. The molecule has 1 saturated carbocycles. The van der Waals surface area contributed by atoms with Crippen LogP contribution in [0.15, 0.2) is 0 Å². The molecule has 1 aliphatic rings. The molecule has 1 fully saturated rings. The van der Waals surface area contributed by atoms with Crippen molar-refractivity contribution >= 4 is 0 Å². The number of likely N-dealkylation sites (N-methyl/N-ethyl adjacent to an activating group) is 1. The van der Waals surface area contributed by atoms with Crippen LogP contribution < -0.4 is 5.73 Å². The topological polar surface area (TPSA) is 29.3 Å². The van der Waals surface area contributed by atoms with Gasteiger partial charge in [0.2, 0.25) is 0 Å². The standard InChI is InChI=1S/C12H26N2/c1-5-11(6-2)14(4)12(9-13)7-10(3)8-12/h10-11H,5-9,13H2,1-4H3. The summed E-state index contributed by atoms with van der Waals surface area (Å²) in [5.41, 5.74) is 6.27. The molecule has 0 aromatic rings. The number of rotatable bonds is 5. The molecule has 0 aliphatic heterocycles. The van der Waals surface area contributed by atoms with Crippen molar-refractivity contribution in [1.29, 1.82) is 0 Å². The fourth-order valence-electron chi connectivity index (χ4n) is 3.06. The molecular weight excluding hydrogens is 172 g/mol. The van der Waals surface area contributed by atoms with Gasteiger partial charge in [0.1, 0.15) is 0 Å². The third kappa shape index (κ3) is 1.96. The Morgan fingerprint density at radius 1 is 1.36 bits per heavy atom. The zero-order valence-electron chi connectivity index (χ0n) is 10.2. The van der Waals surface area contributed by atoms with Crippen LogP contribution in [0, 0.1) is 5.92 Å². The van der Waals surface area contributed by atoms with Gasteiger partial charge in [0.15, 0.2) is 0 Å². The molecule has 0 atom stereocenters. The normalized spacial score (nSPS) is 32.4. The number of hydrogen-bond acceptors (Lipinski definition) is 2. The summed E-state index contributed by atoms with van der Waals surface area (Å²) in [6.07, 6.45) is 5.05. The molecule has 0 saturated heterocycles. The first-order valence-electron chi connectivity index (χ1n) is 6.02. The molecule has 0 unspecified atom stereocenters. The summed E-state index contributed by atoms with van der Waals surface area (Å²) < 4.78 is 0. The summed E-state index contributed by atoms with van der Waals surface area (Å²) in [5, 5.41) is 0. The van der Waals surface area contributed by atoms with Gasteiger partial charge in [-0.15, -0.1) is 0 Å². The van der Waals surface area contributed by atoms with E-state index >= 15 is 0 Å². The van der Waals surface area contributed by atoms with Crippen LogP contribution in [0.2, 0.25) is 0 Å². The van der Waals surface area contributed by atoms with Crippen LogP contribution in [-0.4, -0.2) is 30.1 Å². The minimum atomic E-state index is 0.329. The molecule has 0 radical (unpaired) electrons. The second-order valence-corrected chi connectivity index (χ2v) is 5.02. The van der Waals surface area contributed by atoms with Crippen LogP contribution in [0.3, 0.4) is 0 Å². The molecular formula is C12H26N2. The van der Waals surface area contributed by atoms with E-state index in [4.69, 9.17) is 5.73 Å². The molecule has 2 nitrogen and oxygen atoms in total. The van der Waals surface area contributed by atoms with E-state index in [1.54, 1.807) is 0 Å². The first-order valence-corrected chi connectivity index (χ1v) is 6.02. The SMILES string of the molecule is CCC(CC)N(C)C1(CN)CC(C)C1. The smallest absolute Gasteiger partial charge is 0.0336 e. The molecule has 0 spiro atoms. The van der Waals surface area contributed by atoms with Crippen LogP contribution in [-0.2, 0) is 0 Å². The van der Waals surface area contributed by atoms with E-state index in [9.17, 15) is 0 Å². The van der Waals surface area contributed by atoms with Crippen LogP contribution >= 0.6 is 0 Å². The van der Waals surface area contributed by atoms with Crippen molar-refractivity contribution < 1.29 is 0 Å². The number of hydrogen-bond donors (Lipinski definition) is 1. The molecule has 2 N–H and O–H groups in total. The Hall–Kier alpha value is -0.0800. The molecule has 2 heteroatoms. The molecule has 14 heavy (non-hydrogen) atoms. The van der Waals surface area contributed by atoms with Crippen LogP contribution in [0.4, 0.5) is 0 Å². The molecule has 1 aliphatic carbocycles. The van der Waals surface area contributed by atoms with E-state index in [1.807, 2.05) is 0 Å². The number of nitrogens with zero attached hydrogens (tertiary/aromatic N) is 1. The third-order valence-corrected chi connectivity index (χ3v) is 4.08. The van der Waals surface area contributed by atoms with Crippen molar-refractivity contribution in [3.05, 3.63) is 0 Å². The van der Waals surface area contributed by atoms with Gasteiger partial charge < -0.3 is 5.73 Å². The van der Waals surface area contributed by atoms with Crippen molar-refractivity contribution in [2.24, 2.45) is 11.7 Å². The fraction of sp³-hybridized carbons (Fsp3) is 1.00. The fourth-order valence-corrected chi connectivity index (χ4v) is 3.06. The highest BCUT2D eigenvalue weighted by molar-refractivity contribution is 5.02. The Morgan fingerprint density at radius 3 is 2.14 bits per heavy atom. The molecule has 0 bridgehead atoms. The second-order valence-electron chi connectivity index (χ2n) is 5.02. The van der Waals surface area contributed by atoms with Gasteiger partial charge >= 0.3 is 0 Å². The van der Waals surface area contributed by atoms with E-state index < -0.39 is 0 Å². The largest absolute Gasteiger partial charge is 0.329 e. The summed E-state index contributed by atoms with van der Waals surface area (Å²) in [6.45, 7) is 7.70. The maximum Gasteiger partial charge on any atom is 0.0336 e. The van der Waals surface area contributed by atoms with Gasteiger partial charge in [0, 0.05) is 18.1 Å². The Morgan fingerprint density at radius 2 is 1.86 bits per heavy atom. The molecule has 0 heterocycles. The zero-order valence-corrected chi connectivity index (χ0v) is 10.2. The monoisotopic (exact) mass is 198 g/mol. The highest BCUT2D eigenvalue weighted by Gasteiger charge is 2.45. The van der Waals surface area contributed by atoms with Crippen molar-refractivity contribution in [2.45, 2.75) is 58.0 Å². The molecule has 0 aromatic carbocycles. The first-order chi connectivity index (χ1) is 6.59. The van der Waals surface area contributed by atoms with E-state index in [0.717, 1.165) is 12.5 Å². The summed E-state index contributed by atoms with van der Waals surface area (Å²) >= 11 is 0. The van der Waals surface area contributed by atoms with Crippen LogP contribution in [0.25, 0.3) is 0 Å². The quantitative estimate of drug-likeness (QED) is 0.734. The van der Waals surface area contributed by atoms with Crippen molar-refractivity contribution in [3.8, 4) is 0 Å². The van der Waals surface area contributed by atoms with Crippen LogP contribution in [0.5, 0.6) is 0 Å². The molecule has 0 amide bonds. The van der Waals surface area contributed by atoms with Gasteiger partial charge in [0.25, 0.3) is 0 Å². The van der Waals surface area contributed by atoms with Gasteiger partial charge in [-0.1, -0.05) is 20.8 Å². The summed E-state index contributed by atoms with van der Waals surface area (Å²) in [7, 11) is 2.26. The Balaban J connectivity index is 2.60. The van der Waals surface area contributed by atoms with E-state index in [1.165, 1.54) is 25.7 Å². The maximum absolute atomic E-state index is 5.94. The Kier molecular flexibility index (Phi) is 3.96. The van der Waals surface area contributed by atoms with Gasteiger partial charge in [-0.05, 0) is 38.6 Å². The molecule has 0 aromatic heterocycles. The van der Waals surface area contributed by atoms with E-state index in [0.29, 0.717) is 11.6 Å². The van der Waals surface area contributed by atoms with Gasteiger partial charge in [-0.3, -0.25) is 4.90 Å². The van der Waals surface area contributed by atoms with E-state index in [2.05, 4.69) is 32.7 Å². The molecule has 84 valence electrons. The Labute approximate surface area is 88.8 Å². The zero-order chi connectivity index (χ0) is 10.8. The first kappa shape index (κ1) is 12.0. The van der Waals surface area contributed by atoms with E-state index in [-0.39, 0.29) is 0 Å². The van der Waals surface area contributed by atoms with Gasteiger partial charge in [-0.2, -0.15) is 0 Å². The van der Waals surface area contributed by atoms with Gasteiger partial charge in [-0.25, -0.2) is 0 Å². The maximum atomic E-state index is 5.94. The average molecular weight is 198 g/mol. The summed E-state index contributed by atoms with van der Waals surface area (Å²) in [4.78, 5) is 2.55. The highest BCUT2D eigenvalue weighted by Crippen LogP contribution is 2.42. The third-order valence-electron chi connectivity index (χ3n) is 4.08. The molecule has 1 rings (SSSR count). The average Bonchev–Trinajstić information content (AvgIpc) is 2.14. The lowest BCUT2D eigenvalue weighted by molar-refractivity contribution is -0.0242. The second kappa shape index (κ2) is 4.63. The lowest BCUT2D eigenvalue weighted by Crippen LogP contribution is -2.62. The van der Waals surface area contributed by atoms with Crippen LogP contribution in [0.1, 0.15) is 46.5 Å². The minimum absolute atomic E-state index is 0.329. The number of nitrogens with two attached hydrogens (primary N) is 1. The Bertz CT molecular complexity index is 169. The lowest BCUT2D eigenvalue weighted by atomic mass is 9.67. The predicted octanol–water partition coefficient (Wildman–Crippen LogP) is 2.23. The summed E-state index contributed by atoms with van der Waals surface area (Å²) in [5.74, 6) is 0.871. The van der Waals surface area contributed by atoms with Crippen molar-refractivity contribution in [2.75, 3.05) is 13.6 Å². The minimum Gasteiger partial charge on any atom is -0.329 e. The van der Waals surface area contributed by atoms with Crippen molar-refractivity contribution in [3.63, 3.8) is 0 Å². The summed E-state index contributed by atoms with van der Waals surface area (Å²) in [6, 6.07) is 0.714. The predicted molar refractivity (Wildman–Crippen MR) is 62.3 cm³/mol. The van der Waals surface area contributed by atoms with Gasteiger partial charge in [0.05, 0.1) is 0 Å². The van der Waals surface area contributed by atoms with Crippen molar-refractivity contribution in [1.82, 2.24) is 4.90 Å². The highest BCUT2D eigenvalue weighted by atomic mass is 15.2.